The topological polar surface area (TPSA) is 63.7 Å². The van der Waals surface area contributed by atoms with Crippen molar-refractivity contribution >= 4 is 17.7 Å². The Bertz CT molecular complexity index is 789. The molecule has 2 aromatic rings. The Morgan fingerprint density at radius 1 is 0.893 bits per heavy atom. The largest absolute Gasteiger partial charge is 0.469 e. The fourth-order valence-electron chi connectivity index (χ4n) is 3.09. The Morgan fingerprint density at radius 2 is 1.46 bits per heavy atom. The summed E-state index contributed by atoms with van der Waals surface area (Å²) in [5.74, 6) is -1.04. The molecule has 0 N–H and O–H groups in total. The van der Waals surface area contributed by atoms with Gasteiger partial charge in [-0.15, -0.1) is 0 Å². The number of hydrogen-bond donors (Lipinski definition) is 0. The number of Topliss-reactive ketones (excluding diaryl/α,β-unsaturated/α-hetero) is 1. The van der Waals surface area contributed by atoms with Crippen molar-refractivity contribution in [2.75, 3.05) is 13.7 Å². The second-order valence-electron chi connectivity index (χ2n) is 6.85. The van der Waals surface area contributed by atoms with Crippen LogP contribution in [0.3, 0.4) is 0 Å². The lowest BCUT2D eigenvalue weighted by molar-refractivity contribution is -0.147. The number of esters is 1. The van der Waals surface area contributed by atoms with Gasteiger partial charge < -0.3 is 9.64 Å². The number of benzene rings is 2. The average molecular weight is 381 g/mol. The van der Waals surface area contributed by atoms with Gasteiger partial charge in [0.25, 0.3) is 0 Å². The summed E-state index contributed by atoms with van der Waals surface area (Å²) in [6, 6.07) is 18.4. The minimum atomic E-state index is -0.454. The third-order valence-corrected chi connectivity index (χ3v) is 4.81. The van der Waals surface area contributed by atoms with E-state index >= 15 is 0 Å². The van der Waals surface area contributed by atoms with E-state index < -0.39 is 5.92 Å². The molecule has 0 saturated carbocycles. The van der Waals surface area contributed by atoms with Crippen LogP contribution in [0.25, 0.3) is 0 Å². The van der Waals surface area contributed by atoms with E-state index in [0.717, 1.165) is 5.56 Å². The maximum absolute atomic E-state index is 13.0. The van der Waals surface area contributed by atoms with Gasteiger partial charge in [0, 0.05) is 24.9 Å². The fraction of sp³-hybridized carbons (Fsp3) is 0.348. The molecule has 5 nitrogen and oxygen atoms in total. The number of rotatable bonds is 9. The molecule has 0 aliphatic heterocycles. The predicted octanol–water partition coefficient (Wildman–Crippen LogP) is 4.05. The van der Waals surface area contributed by atoms with Crippen LogP contribution in [0.4, 0.5) is 0 Å². The molecule has 1 amide bonds. The molecule has 2 rings (SSSR count). The van der Waals surface area contributed by atoms with Crippen molar-refractivity contribution < 1.29 is 19.1 Å². The summed E-state index contributed by atoms with van der Waals surface area (Å²) >= 11 is 0. The molecule has 0 saturated heterocycles. The molecule has 28 heavy (non-hydrogen) atoms. The Morgan fingerprint density at radius 3 is 2.04 bits per heavy atom. The molecule has 5 heteroatoms. The van der Waals surface area contributed by atoms with Gasteiger partial charge in [-0.1, -0.05) is 67.6 Å². The zero-order chi connectivity index (χ0) is 20.5. The minimum Gasteiger partial charge on any atom is -0.469 e. The van der Waals surface area contributed by atoms with E-state index in [2.05, 4.69) is 0 Å². The fourth-order valence-corrected chi connectivity index (χ4v) is 3.09. The van der Waals surface area contributed by atoms with E-state index in [4.69, 9.17) is 4.74 Å². The standard InChI is InChI=1S/C23H27NO4/c1-17(23(27)28-3)16-24(18(2)19-10-6-4-7-11-19)22(26)15-14-21(25)20-12-8-5-9-13-20/h4-13,17-18H,14-16H2,1-3H3. The van der Waals surface area contributed by atoms with E-state index in [0.29, 0.717) is 5.56 Å². The highest BCUT2D eigenvalue weighted by molar-refractivity contribution is 5.98. The highest BCUT2D eigenvalue weighted by Gasteiger charge is 2.26. The van der Waals surface area contributed by atoms with Crippen molar-refractivity contribution in [3.63, 3.8) is 0 Å². The van der Waals surface area contributed by atoms with Crippen LogP contribution in [0, 0.1) is 5.92 Å². The first-order chi connectivity index (χ1) is 13.4. The third-order valence-electron chi connectivity index (χ3n) is 4.81. The molecular weight excluding hydrogens is 354 g/mol. The first-order valence-corrected chi connectivity index (χ1v) is 9.44. The van der Waals surface area contributed by atoms with Gasteiger partial charge in [-0.3, -0.25) is 14.4 Å². The zero-order valence-corrected chi connectivity index (χ0v) is 16.6. The number of nitrogens with zero attached hydrogens (tertiary/aromatic N) is 1. The van der Waals surface area contributed by atoms with Crippen LogP contribution in [-0.4, -0.2) is 36.2 Å². The molecule has 0 aliphatic rings. The van der Waals surface area contributed by atoms with Crippen LogP contribution in [0.1, 0.15) is 48.7 Å². The number of carbonyl (C=O) groups excluding carboxylic acids is 3. The van der Waals surface area contributed by atoms with Gasteiger partial charge in [0.1, 0.15) is 0 Å². The van der Waals surface area contributed by atoms with Crippen molar-refractivity contribution in [1.29, 1.82) is 0 Å². The molecule has 0 aliphatic carbocycles. The summed E-state index contributed by atoms with van der Waals surface area (Å²) in [6.07, 6.45) is 0.228. The summed E-state index contributed by atoms with van der Waals surface area (Å²) in [5.41, 5.74) is 1.57. The van der Waals surface area contributed by atoms with Crippen LogP contribution in [0.2, 0.25) is 0 Å². The zero-order valence-electron chi connectivity index (χ0n) is 16.6. The minimum absolute atomic E-state index is 0.0673. The van der Waals surface area contributed by atoms with E-state index in [1.807, 2.05) is 43.3 Å². The summed E-state index contributed by atoms with van der Waals surface area (Å²) in [5, 5.41) is 0. The number of ketones is 1. The SMILES string of the molecule is COC(=O)C(C)CN(C(=O)CCC(=O)c1ccccc1)C(C)c1ccccc1. The van der Waals surface area contributed by atoms with Crippen LogP contribution in [-0.2, 0) is 14.3 Å². The number of methoxy groups -OCH3 is 1. The average Bonchev–Trinajstić information content (AvgIpc) is 2.75. The summed E-state index contributed by atoms with van der Waals surface area (Å²) in [4.78, 5) is 38.8. The molecule has 0 heterocycles. The Balaban J connectivity index is 2.11. The molecule has 0 aromatic heterocycles. The van der Waals surface area contributed by atoms with Gasteiger partial charge >= 0.3 is 5.97 Å². The van der Waals surface area contributed by atoms with E-state index in [9.17, 15) is 14.4 Å². The van der Waals surface area contributed by atoms with Crippen LogP contribution in [0.15, 0.2) is 60.7 Å². The van der Waals surface area contributed by atoms with Gasteiger partial charge in [0.05, 0.1) is 19.1 Å². The number of amides is 1. The van der Waals surface area contributed by atoms with Crippen molar-refractivity contribution in [2.24, 2.45) is 5.92 Å². The van der Waals surface area contributed by atoms with Gasteiger partial charge in [-0.25, -0.2) is 0 Å². The first-order valence-electron chi connectivity index (χ1n) is 9.44. The van der Waals surface area contributed by atoms with Crippen LogP contribution >= 0.6 is 0 Å². The first kappa shape index (κ1) is 21.4. The molecule has 2 unspecified atom stereocenters. The van der Waals surface area contributed by atoms with E-state index in [1.165, 1.54) is 7.11 Å². The summed E-state index contributed by atoms with van der Waals surface area (Å²) in [7, 11) is 1.34. The predicted molar refractivity (Wildman–Crippen MR) is 108 cm³/mol. The molecule has 0 radical (unpaired) electrons. The van der Waals surface area contributed by atoms with E-state index in [-0.39, 0.29) is 43.1 Å². The maximum Gasteiger partial charge on any atom is 0.310 e. The second kappa shape index (κ2) is 10.4. The Kier molecular flexibility index (Phi) is 7.93. The maximum atomic E-state index is 13.0. The molecule has 2 atom stereocenters. The molecule has 0 spiro atoms. The quantitative estimate of drug-likeness (QED) is 0.486. The molecule has 148 valence electrons. The van der Waals surface area contributed by atoms with Crippen molar-refractivity contribution in [3.8, 4) is 0 Å². The highest BCUT2D eigenvalue weighted by Crippen LogP contribution is 2.23. The van der Waals surface area contributed by atoms with Crippen LogP contribution in [0.5, 0.6) is 0 Å². The normalized spacial score (nSPS) is 12.7. The monoisotopic (exact) mass is 381 g/mol. The molecule has 0 bridgehead atoms. The van der Waals surface area contributed by atoms with Gasteiger partial charge in [-0.05, 0) is 12.5 Å². The molecular formula is C23H27NO4. The lowest BCUT2D eigenvalue weighted by atomic mass is 10.0. The second-order valence-corrected chi connectivity index (χ2v) is 6.85. The summed E-state index contributed by atoms with van der Waals surface area (Å²) < 4.78 is 4.80. The number of ether oxygens (including phenoxy) is 1. The highest BCUT2D eigenvalue weighted by atomic mass is 16.5. The van der Waals surface area contributed by atoms with Crippen molar-refractivity contribution in [1.82, 2.24) is 4.90 Å². The van der Waals surface area contributed by atoms with Crippen molar-refractivity contribution in [3.05, 3.63) is 71.8 Å². The molecule has 2 aromatic carbocycles. The van der Waals surface area contributed by atoms with Crippen LogP contribution < -0.4 is 0 Å². The van der Waals surface area contributed by atoms with Gasteiger partial charge in [0.15, 0.2) is 5.78 Å². The Hall–Kier alpha value is -2.95. The Labute approximate surface area is 166 Å². The number of hydrogen-bond acceptors (Lipinski definition) is 4. The lowest BCUT2D eigenvalue weighted by Crippen LogP contribution is -2.39. The lowest BCUT2D eigenvalue weighted by Gasteiger charge is -2.31. The van der Waals surface area contributed by atoms with Gasteiger partial charge in [0.2, 0.25) is 5.91 Å². The van der Waals surface area contributed by atoms with E-state index in [1.54, 1.807) is 36.1 Å². The summed E-state index contributed by atoms with van der Waals surface area (Å²) in [6.45, 7) is 3.90. The van der Waals surface area contributed by atoms with Gasteiger partial charge in [-0.2, -0.15) is 0 Å². The van der Waals surface area contributed by atoms with Crippen molar-refractivity contribution in [2.45, 2.75) is 32.7 Å². The smallest absolute Gasteiger partial charge is 0.310 e. The molecule has 0 fully saturated rings. The number of carbonyl (C=O) groups is 3. The third kappa shape index (κ3) is 5.78.